The van der Waals surface area contributed by atoms with E-state index in [-0.39, 0.29) is 27.8 Å². The van der Waals surface area contributed by atoms with Gasteiger partial charge < -0.3 is 13.5 Å². The highest BCUT2D eigenvalue weighted by Crippen LogP contribution is 2.65. The normalized spacial score (nSPS) is 13.1. The Hall–Kier alpha value is -2.23. The van der Waals surface area contributed by atoms with E-state index < -0.39 is 10.6 Å². The fourth-order valence-electron chi connectivity index (χ4n) is 3.79. The van der Waals surface area contributed by atoms with E-state index in [4.69, 9.17) is 25.3 Å². The maximum Gasteiger partial charge on any atom is 0.315 e. The summed E-state index contributed by atoms with van der Waals surface area (Å²) in [6.45, 7) is 4.42. The predicted octanol–water partition coefficient (Wildman–Crippen LogP) is 8.92. The second-order valence-electron chi connectivity index (χ2n) is 8.41. The number of unbranched alkanes of at least 4 members (excludes halogenated alkanes) is 3. The SMILES string of the molecule is CCCCCCOP(=S)(Oc1c([N+](=O)[O-])ccc2c(=O)c3ccccc3oc12)Sc1ccc(Br)cc1C. The van der Waals surface area contributed by atoms with Gasteiger partial charge in [-0.1, -0.05) is 54.2 Å². The molecule has 0 aliphatic carbocycles. The third kappa shape index (κ3) is 6.44. The van der Waals surface area contributed by atoms with Crippen LogP contribution >= 0.6 is 33.0 Å². The quantitative estimate of drug-likeness (QED) is 0.0539. The van der Waals surface area contributed by atoms with Crippen molar-refractivity contribution in [2.45, 2.75) is 44.4 Å². The van der Waals surface area contributed by atoms with Gasteiger partial charge in [-0.15, -0.1) is 0 Å². The van der Waals surface area contributed by atoms with Crippen LogP contribution in [0.15, 0.2) is 73.2 Å². The Kier molecular flexibility index (Phi) is 9.08. The van der Waals surface area contributed by atoms with Crippen molar-refractivity contribution in [1.29, 1.82) is 0 Å². The number of nitro benzene ring substituents is 1. The van der Waals surface area contributed by atoms with Crippen molar-refractivity contribution in [3.05, 3.63) is 85.0 Å². The van der Waals surface area contributed by atoms with Crippen molar-refractivity contribution >= 4 is 72.4 Å². The number of nitrogens with zero attached hydrogens (tertiary/aromatic N) is 1. The minimum absolute atomic E-state index is 0.0187. The van der Waals surface area contributed by atoms with Crippen molar-refractivity contribution in [3.8, 4) is 5.75 Å². The van der Waals surface area contributed by atoms with Gasteiger partial charge in [0.2, 0.25) is 11.2 Å². The lowest BCUT2D eigenvalue weighted by molar-refractivity contribution is -0.385. The van der Waals surface area contributed by atoms with Gasteiger partial charge in [0.15, 0.2) is 5.58 Å². The van der Waals surface area contributed by atoms with Crippen LogP contribution in [0.3, 0.4) is 0 Å². The average Bonchev–Trinajstić information content (AvgIpc) is 2.86. The predicted molar refractivity (Wildman–Crippen MR) is 156 cm³/mol. The van der Waals surface area contributed by atoms with Gasteiger partial charge in [-0.3, -0.25) is 14.9 Å². The van der Waals surface area contributed by atoms with Crippen molar-refractivity contribution in [2.24, 2.45) is 0 Å². The minimum atomic E-state index is -3.23. The molecule has 0 spiro atoms. The molecule has 1 unspecified atom stereocenters. The minimum Gasteiger partial charge on any atom is -0.452 e. The molecule has 11 heteroatoms. The first-order chi connectivity index (χ1) is 17.7. The van der Waals surface area contributed by atoms with E-state index in [1.54, 1.807) is 24.3 Å². The summed E-state index contributed by atoms with van der Waals surface area (Å²) in [5.74, 6) is -0.190. The Balaban J connectivity index is 1.83. The topological polar surface area (TPSA) is 91.8 Å². The molecule has 0 N–H and O–H groups in total. The molecule has 0 aliphatic rings. The highest BCUT2D eigenvalue weighted by atomic mass is 79.9. The molecule has 0 amide bonds. The van der Waals surface area contributed by atoms with Crippen LogP contribution in [0.25, 0.3) is 21.9 Å². The van der Waals surface area contributed by atoms with Crippen LogP contribution in [0.2, 0.25) is 0 Å². The van der Waals surface area contributed by atoms with Crippen LogP contribution in [0.1, 0.15) is 38.2 Å². The van der Waals surface area contributed by atoms with E-state index in [2.05, 4.69) is 22.9 Å². The molecule has 194 valence electrons. The highest BCUT2D eigenvalue weighted by Gasteiger charge is 2.31. The van der Waals surface area contributed by atoms with Gasteiger partial charge in [-0.25, -0.2) is 0 Å². The molecule has 0 fully saturated rings. The number of para-hydroxylation sites is 1. The Labute approximate surface area is 231 Å². The van der Waals surface area contributed by atoms with E-state index in [1.807, 2.05) is 25.1 Å². The first-order valence-corrected chi connectivity index (χ1v) is 16.6. The fraction of sp³-hybridized carbons (Fsp3) is 0.269. The summed E-state index contributed by atoms with van der Waals surface area (Å²) in [7, 11) is 0. The van der Waals surface area contributed by atoms with Gasteiger partial charge >= 0.3 is 11.4 Å². The first kappa shape index (κ1) is 27.8. The Morgan fingerprint density at radius 2 is 1.89 bits per heavy atom. The molecule has 0 saturated heterocycles. The zero-order chi connectivity index (χ0) is 26.6. The third-order valence-corrected chi connectivity index (χ3v) is 11.0. The van der Waals surface area contributed by atoms with Gasteiger partial charge in [0.05, 0.1) is 22.3 Å². The summed E-state index contributed by atoms with van der Waals surface area (Å²) in [5.41, 5.74) is -2.64. The molecule has 0 aliphatic heterocycles. The smallest absolute Gasteiger partial charge is 0.315 e. The van der Waals surface area contributed by atoms with Crippen molar-refractivity contribution in [3.63, 3.8) is 0 Å². The number of rotatable bonds is 11. The lowest BCUT2D eigenvalue weighted by Crippen LogP contribution is -2.05. The lowest BCUT2D eigenvalue weighted by Gasteiger charge is -2.23. The van der Waals surface area contributed by atoms with Crippen molar-refractivity contribution in [1.82, 2.24) is 0 Å². The molecule has 37 heavy (non-hydrogen) atoms. The van der Waals surface area contributed by atoms with Crippen LogP contribution < -0.4 is 9.95 Å². The van der Waals surface area contributed by atoms with E-state index >= 15 is 0 Å². The van der Waals surface area contributed by atoms with Crippen LogP contribution in [0.4, 0.5) is 5.69 Å². The van der Waals surface area contributed by atoms with E-state index in [0.29, 0.717) is 17.6 Å². The molecular weight excluding hydrogens is 597 g/mol. The van der Waals surface area contributed by atoms with Crippen molar-refractivity contribution in [2.75, 3.05) is 6.61 Å². The Morgan fingerprint density at radius 1 is 1.11 bits per heavy atom. The fourth-order valence-corrected chi connectivity index (χ4v) is 8.95. The first-order valence-electron chi connectivity index (χ1n) is 11.8. The summed E-state index contributed by atoms with van der Waals surface area (Å²) in [4.78, 5) is 25.5. The molecule has 0 saturated carbocycles. The monoisotopic (exact) mass is 621 g/mol. The summed E-state index contributed by atoms with van der Waals surface area (Å²) in [5, 5.41) is 12.6. The molecule has 1 heterocycles. The van der Waals surface area contributed by atoms with Crippen LogP contribution in [-0.4, -0.2) is 11.5 Å². The standard InChI is InChI=1S/C26H25BrNO6PS2/c1-3-4-5-8-15-32-35(36,37-23-14-11-18(27)16-17(23)2)34-26-21(28(30)31)13-12-20-24(29)19-9-6-7-10-22(19)33-25(20)26/h6-7,9-14,16H,3-5,8,15H2,1-2H3. The molecule has 1 atom stereocenters. The molecular formula is C26H25BrNO6PS2. The third-order valence-electron chi connectivity index (χ3n) is 5.67. The van der Waals surface area contributed by atoms with Gasteiger partial charge in [0.1, 0.15) is 5.58 Å². The molecule has 3 aromatic carbocycles. The van der Waals surface area contributed by atoms with Crippen LogP contribution in [0, 0.1) is 17.0 Å². The number of halogens is 1. The number of aryl methyl sites for hydroxylation is 1. The number of hydrogen-bond donors (Lipinski definition) is 0. The van der Waals surface area contributed by atoms with Crippen molar-refractivity contribution < 1.29 is 18.4 Å². The Bertz CT molecular complexity index is 1570. The lowest BCUT2D eigenvalue weighted by atomic mass is 10.1. The Morgan fingerprint density at radius 3 is 2.62 bits per heavy atom. The van der Waals surface area contributed by atoms with E-state index in [0.717, 1.165) is 40.6 Å². The molecule has 4 rings (SSSR count). The zero-order valence-electron chi connectivity index (χ0n) is 20.3. The summed E-state index contributed by atoms with van der Waals surface area (Å²) >= 11 is 10.7. The second kappa shape index (κ2) is 12.1. The summed E-state index contributed by atoms with van der Waals surface area (Å²) < 4.78 is 19.4. The maximum atomic E-state index is 13.2. The maximum absolute atomic E-state index is 13.2. The van der Waals surface area contributed by atoms with Gasteiger partial charge in [-0.05, 0) is 78.5 Å². The van der Waals surface area contributed by atoms with Gasteiger partial charge in [-0.2, -0.15) is 0 Å². The molecule has 7 nitrogen and oxygen atoms in total. The average molecular weight is 622 g/mol. The zero-order valence-corrected chi connectivity index (χ0v) is 24.4. The van der Waals surface area contributed by atoms with E-state index in [9.17, 15) is 14.9 Å². The van der Waals surface area contributed by atoms with Crippen LogP contribution in [-0.2, 0) is 16.3 Å². The highest BCUT2D eigenvalue weighted by molar-refractivity contribution is 9.10. The molecule has 1 aromatic heterocycles. The molecule has 4 aromatic rings. The number of fused-ring (bicyclic) bond motifs is 2. The van der Waals surface area contributed by atoms with E-state index in [1.165, 1.54) is 23.5 Å². The number of nitro groups is 1. The van der Waals surface area contributed by atoms with Crippen LogP contribution in [0.5, 0.6) is 5.75 Å². The van der Waals surface area contributed by atoms with Gasteiger partial charge in [0.25, 0.3) is 0 Å². The second-order valence-corrected chi connectivity index (χ2v) is 15.4. The number of benzene rings is 3. The molecule has 0 radical (unpaired) electrons. The number of hydrogen-bond acceptors (Lipinski definition) is 8. The molecule has 0 bridgehead atoms. The largest absolute Gasteiger partial charge is 0.452 e. The van der Waals surface area contributed by atoms with Gasteiger partial charge in [0, 0.05) is 15.4 Å². The summed E-state index contributed by atoms with van der Waals surface area (Å²) in [6, 6.07) is 15.1. The summed E-state index contributed by atoms with van der Waals surface area (Å²) in [6.07, 6.45) is 3.90.